The topological polar surface area (TPSA) is 110 Å². The summed E-state index contributed by atoms with van der Waals surface area (Å²) in [6, 6.07) is 10.3. The Hall–Kier alpha value is -2.82. The van der Waals surface area contributed by atoms with Gasteiger partial charge >= 0.3 is 0 Å². The second kappa shape index (κ2) is 8.97. The summed E-state index contributed by atoms with van der Waals surface area (Å²) in [6.07, 6.45) is 2.72. The summed E-state index contributed by atoms with van der Waals surface area (Å²) in [6.45, 7) is 4.08. The van der Waals surface area contributed by atoms with Gasteiger partial charge in [0.2, 0.25) is 15.9 Å². The number of carbonyl (C=O) groups excluding carboxylic acids is 1. The van der Waals surface area contributed by atoms with Gasteiger partial charge in [0.15, 0.2) is 0 Å². The van der Waals surface area contributed by atoms with Crippen LogP contribution in [0.4, 0.5) is 5.69 Å². The van der Waals surface area contributed by atoms with Crippen LogP contribution in [-0.2, 0) is 14.8 Å². The van der Waals surface area contributed by atoms with E-state index >= 15 is 0 Å². The van der Waals surface area contributed by atoms with E-state index < -0.39 is 15.9 Å². The molecule has 1 N–H and O–H groups in total. The highest BCUT2D eigenvalue weighted by Crippen LogP contribution is 2.29. The number of amides is 1. The minimum atomic E-state index is -3.74. The lowest BCUT2D eigenvalue weighted by atomic mass is 9.98. The van der Waals surface area contributed by atoms with E-state index in [2.05, 4.69) is 20.8 Å². The van der Waals surface area contributed by atoms with Crippen molar-refractivity contribution in [2.75, 3.05) is 18.4 Å². The van der Waals surface area contributed by atoms with E-state index in [4.69, 9.17) is 11.6 Å². The Bertz CT molecular complexity index is 1250. The SMILES string of the molecule is Cc1cc(NC(=O)C2CCCN(S(=O)(=O)c3cccc(Cl)c3C)C2)ccc1-n1cnnn1. The predicted octanol–water partition coefficient (Wildman–Crippen LogP) is 2.97. The summed E-state index contributed by atoms with van der Waals surface area (Å²) in [5.41, 5.74) is 2.84. The highest BCUT2D eigenvalue weighted by Gasteiger charge is 2.34. The summed E-state index contributed by atoms with van der Waals surface area (Å²) in [7, 11) is -3.74. The molecule has 3 aromatic rings. The molecule has 32 heavy (non-hydrogen) atoms. The highest BCUT2D eigenvalue weighted by molar-refractivity contribution is 7.89. The first-order valence-corrected chi connectivity index (χ1v) is 12.0. The van der Waals surface area contributed by atoms with Gasteiger partial charge in [0.05, 0.1) is 16.5 Å². The number of aryl methyl sites for hydroxylation is 1. The maximum atomic E-state index is 13.2. The Morgan fingerprint density at radius 3 is 2.75 bits per heavy atom. The number of halogens is 1. The second-order valence-electron chi connectivity index (χ2n) is 7.81. The maximum absolute atomic E-state index is 13.2. The molecule has 1 fully saturated rings. The normalized spacial score (nSPS) is 17.3. The maximum Gasteiger partial charge on any atom is 0.243 e. The fourth-order valence-corrected chi connectivity index (χ4v) is 5.89. The van der Waals surface area contributed by atoms with Crippen molar-refractivity contribution in [1.29, 1.82) is 0 Å². The molecular formula is C21H23ClN6O3S. The summed E-state index contributed by atoms with van der Waals surface area (Å²) in [5, 5.41) is 14.5. The van der Waals surface area contributed by atoms with Crippen LogP contribution >= 0.6 is 11.6 Å². The van der Waals surface area contributed by atoms with Gasteiger partial charge in [0.25, 0.3) is 0 Å². The van der Waals surface area contributed by atoms with Crippen molar-refractivity contribution in [3.05, 3.63) is 58.9 Å². The van der Waals surface area contributed by atoms with Crippen LogP contribution in [0.15, 0.2) is 47.6 Å². The molecule has 2 aromatic carbocycles. The molecule has 1 aliphatic heterocycles. The standard InChI is InChI=1S/C21H23ClN6O3S/c1-14-11-17(8-9-19(14)28-13-23-25-26-28)24-21(29)16-5-4-10-27(12-16)32(30,31)20-7-3-6-18(22)15(20)2/h3,6-9,11,13,16H,4-5,10,12H2,1-2H3,(H,24,29). The van der Waals surface area contributed by atoms with Gasteiger partial charge in [-0.3, -0.25) is 4.79 Å². The van der Waals surface area contributed by atoms with Gasteiger partial charge in [0, 0.05) is 23.8 Å². The van der Waals surface area contributed by atoms with Crippen molar-refractivity contribution in [2.45, 2.75) is 31.6 Å². The van der Waals surface area contributed by atoms with Crippen LogP contribution in [0.1, 0.15) is 24.0 Å². The molecule has 0 saturated carbocycles. The molecule has 11 heteroatoms. The van der Waals surface area contributed by atoms with Crippen LogP contribution in [0, 0.1) is 19.8 Å². The van der Waals surface area contributed by atoms with Crippen molar-refractivity contribution in [3.63, 3.8) is 0 Å². The van der Waals surface area contributed by atoms with Gasteiger partial charge in [0.1, 0.15) is 6.33 Å². The quantitative estimate of drug-likeness (QED) is 0.608. The molecule has 1 amide bonds. The van der Waals surface area contributed by atoms with E-state index in [9.17, 15) is 13.2 Å². The van der Waals surface area contributed by atoms with Crippen molar-refractivity contribution >= 4 is 33.2 Å². The first-order chi connectivity index (χ1) is 15.3. The molecule has 1 atom stereocenters. The number of hydrogen-bond acceptors (Lipinski definition) is 6. The number of nitrogens with one attached hydrogen (secondary N) is 1. The molecule has 0 spiro atoms. The monoisotopic (exact) mass is 474 g/mol. The third kappa shape index (κ3) is 4.38. The van der Waals surface area contributed by atoms with Crippen LogP contribution in [0.2, 0.25) is 5.02 Å². The first-order valence-electron chi connectivity index (χ1n) is 10.2. The number of piperidine rings is 1. The number of sulfonamides is 1. The third-order valence-electron chi connectivity index (χ3n) is 5.65. The largest absolute Gasteiger partial charge is 0.326 e. The number of nitrogens with zero attached hydrogens (tertiary/aromatic N) is 5. The number of aromatic nitrogens is 4. The molecule has 168 valence electrons. The van der Waals surface area contributed by atoms with Crippen LogP contribution in [0.25, 0.3) is 5.69 Å². The smallest absolute Gasteiger partial charge is 0.243 e. The number of carbonyl (C=O) groups is 1. The van der Waals surface area contributed by atoms with Gasteiger partial charge in [-0.15, -0.1) is 5.10 Å². The zero-order chi connectivity index (χ0) is 22.9. The van der Waals surface area contributed by atoms with Crippen LogP contribution < -0.4 is 5.32 Å². The van der Waals surface area contributed by atoms with E-state index in [1.54, 1.807) is 35.9 Å². The molecule has 1 aromatic heterocycles. The lowest BCUT2D eigenvalue weighted by Crippen LogP contribution is -2.43. The molecule has 0 aliphatic carbocycles. The van der Waals surface area contributed by atoms with E-state index in [1.165, 1.54) is 10.6 Å². The molecule has 2 heterocycles. The van der Waals surface area contributed by atoms with Crippen LogP contribution in [0.3, 0.4) is 0 Å². The summed E-state index contributed by atoms with van der Waals surface area (Å²) < 4.78 is 29.3. The average Bonchev–Trinajstić information content (AvgIpc) is 3.30. The minimum absolute atomic E-state index is 0.127. The van der Waals surface area contributed by atoms with Gasteiger partial charge in [-0.05, 0) is 78.6 Å². The first kappa shape index (κ1) is 22.4. The zero-order valence-electron chi connectivity index (χ0n) is 17.7. The Kier molecular flexibility index (Phi) is 6.27. The Morgan fingerprint density at radius 2 is 2.03 bits per heavy atom. The third-order valence-corrected chi connectivity index (χ3v) is 8.07. The number of hydrogen-bond donors (Lipinski definition) is 1. The highest BCUT2D eigenvalue weighted by atomic mass is 35.5. The molecule has 9 nitrogen and oxygen atoms in total. The van der Waals surface area contributed by atoms with Gasteiger partial charge < -0.3 is 5.32 Å². The molecule has 1 saturated heterocycles. The Morgan fingerprint density at radius 1 is 1.22 bits per heavy atom. The van der Waals surface area contributed by atoms with Gasteiger partial charge in [-0.2, -0.15) is 4.31 Å². The Balaban J connectivity index is 1.48. The molecule has 0 bridgehead atoms. The number of benzene rings is 2. The lowest BCUT2D eigenvalue weighted by molar-refractivity contribution is -0.120. The number of tetrazole rings is 1. The Labute approximate surface area is 191 Å². The number of anilines is 1. The van der Waals surface area contributed by atoms with E-state index in [1.807, 2.05) is 19.1 Å². The molecule has 4 rings (SSSR count). The van der Waals surface area contributed by atoms with Gasteiger partial charge in [-0.25, -0.2) is 13.1 Å². The lowest BCUT2D eigenvalue weighted by Gasteiger charge is -2.31. The molecular weight excluding hydrogens is 452 g/mol. The van der Waals surface area contributed by atoms with Crippen LogP contribution in [-0.4, -0.2) is 51.9 Å². The molecule has 1 unspecified atom stereocenters. The van der Waals surface area contributed by atoms with E-state index in [0.29, 0.717) is 35.7 Å². The van der Waals surface area contributed by atoms with Crippen molar-refractivity contribution in [2.24, 2.45) is 5.92 Å². The van der Waals surface area contributed by atoms with Crippen molar-refractivity contribution in [3.8, 4) is 5.69 Å². The van der Waals surface area contributed by atoms with Crippen molar-refractivity contribution < 1.29 is 13.2 Å². The molecule has 1 aliphatic rings. The van der Waals surface area contributed by atoms with Crippen LogP contribution in [0.5, 0.6) is 0 Å². The van der Waals surface area contributed by atoms with Gasteiger partial charge in [-0.1, -0.05) is 17.7 Å². The number of rotatable bonds is 5. The molecule has 0 radical (unpaired) electrons. The van der Waals surface area contributed by atoms with E-state index in [-0.39, 0.29) is 17.3 Å². The average molecular weight is 475 g/mol. The van der Waals surface area contributed by atoms with Crippen molar-refractivity contribution in [1.82, 2.24) is 24.5 Å². The predicted molar refractivity (Wildman–Crippen MR) is 120 cm³/mol. The summed E-state index contributed by atoms with van der Waals surface area (Å²) >= 11 is 6.13. The second-order valence-corrected chi connectivity index (χ2v) is 10.1. The van der Waals surface area contributed by atoms with E-state index in [0.717, 1.165) is 11.3 Å². The zero-order valence-corrected chi connectivity index (χ0v) is 19.3. The summed E-state index contributed by atoms with van der Waals surface area (Å²) in [4.78, 5) is 13.1. The fraction of sp³-hybridized carbons (Fsp3) is 0.333. The summed E-state index contributed by atoms with van der Waals surface area (Å²) in [5.74, 6) is -0.653. The minimum Gasteiger partial charge on any atom is -0.326 e. The fourth-order valence-electron chi connectivity index (χ4n) is 3.89.